The number of hydrogen-bond acceptors (Lipinski definition) is 9. The Morgan fingerprint density at radius 3 is 2.40 bits per heavy atom. The predicted octanol–water partition coefficient (Wildman–Crippen LogP) is 5.80. The number of pyridine rings is 1. The van der Waals surface area contributed by atoms with Gasteiger partial charge in [-0.1, -0.05) is 24.3 Å². The van der Waals surface area contributed by atoms with Crippen molar-refractivity contribution in [3.63, 3.8) is 0 Å². The van der Waals surface area contributed by atoms with Crippen LogP contribution < -0.4 is 4.90 Å². The van der Waals surface area contributed by atoms with E-state index in [1.54, 1.807) is 37.1 Å². The zero-order valence-corrected chi connectivity index (χ0v) is 28.4. The Morgan fingerprint density at radius 1 is 1.00 bits per heavy atom. The molecule has 0 radical (unpaired) electrons. The topological polar surface area (TPSA) is 122 Å². The molecule has 2 aromatic carbocycles. The lowest BCUT2D eigenvalue weighted by Gasteiger charge is -2.38. The van der Waals surface area contributed by atoms with Gasteiger partial charge in [-0.05, 0) is 76.6 Å². The summed E-state index contributed by atoms with van der Waals surface area (Å²) in [6, 6.07) is 18.0. The van der Waals surface area contributed by atoms with Gasteiger partial charge in [0.2, 0.25) is 15.8 Å². The van der Waals surface area contributed by atoms with Crippen molar-refractivity contribution in [3.8, 4) is 0 Å². The minimum absolute atomic E-state index is 0.0594. The van der Waals surface area contributed by atoms with Gasteiger partial charge in [-0.15, -0.1) is 0 Å². The second-order valence-electron chi connectivity index (χ2n) is 12.4. The number of esters is 1. The zero-order valence-electron chi connectivity index (χ0n) is 27.6. The number of aromatic nitrogens is 1. The second kappa shape index (κ2) is 14.1. The number of piperazine rings is 1. The predicted molar refractivity (Wildman–Crippen MR) is 179 cm³/mol. The third kappa shape index (κ3) is 7.94. The Balaban J connectivity index is 1.43. The van der Waals surface area contributed by atoms with Crippen LogP contribution in [0.1, 0.15) is 55.1 Å². The lowest BCUT2D eigenvalue weighted by Crippen LogP contribution is -2.50. The summed E-state index contributed by atoms with van der Waals surface area (Å²) >= 11 is 0. The molecule has 250 valence electrons. The Labute approximate surface area is 276 Å². The number of aryl methyl sites for hydroxylation is 1. The summed E-state index contributed by atoms with van der Waals surface area (Å²) in [6.45, 7) is 11.6. The molecule has 0 atom stereocenters. The number of rotatable bonds is 10. The van der Waals surface area contributed by atoms with Crippen molar-refractivity contribution in [1.82, 2.24) is 14.2 Å². The smallest absolute Gasteiger partial charge is 0.410 e. The van der Waals surface area contributed by atoms with E-state index in [2.05, 4.69) is 9.88 Å². The molecule has 0 spiro atoms. The monoisotopic (exact) mass is 662 g/mol. The normalized spacial score (nSPS) is 14.1. The molecule has 3 heterocycles. The average molecular weight is 663 g/mol. The summed E-state index contributed by atoms with van der Waals surface area (Å²) in [5, 5.41) is 0.530. The molecule has 4 aromatic rings. The minimum atomic E-state index is -4.02. The van der Waals surface area contributed by atoms with Crippen molar-refractivity contribution >= 4 is 38.7 Å². The number of hydrogen-bond donors (Lipinski definition) is 0. The van der Waals surface area contributed by atoms with Gasteiger partial charge in [-0.25, -0.2) is 18.0 Å². The van der Waals surface area contributed by atoms with E-state index in [0.717, 1.165) is 16.9 Å². The van der Waals surface area contributed by atoms with Gasteiger partial charge in [0.1, 0.15) is 11.2 Å². The molecule has 1 aliphatic rings. The number of sulfonamides is 1. The number of carbonyl (C=O) groups excluding carboxylic acids is 2. The van der Waals surface area contributed by atoms with E-state index in [0.29, 0.717) is 49.1 Å². The number of furan rings is 1. The zero-order chi connectivity index (χ0) is 33.8. The van der Waals surface area contributed by atoms with Gasteiger partial charge in [0.25, 0.3) is 0 Å². The standard InChI is InChI=1S/C35H42N4O7S/c1-6-44-33(40)32-25(2)29-23-28(14-15-31(29)45-32)47(42,43)39(18-16-27-12-9-10-17-36-27)24-26-11-7-8-13-30(26)37-19-21-38(22-20-37)34(41)46-35(3,4)5/h7-15,17,23H,6,16,18-22,24H2,1-5H3. The first-order valence-corrected chi connectivity index (χ1v) is 17.2. The molecule has 11 nitrogen and oxygen atoms in total. The highest BCUT2D eigenvalue weighted by molar-refractivity contribution is 7.89. The Bertz CT molecular complexity index is 1830. The van der Waals surface area contributed by atoms with E-state index >= 15 is 0 Å². The number of para-hydroxylation sites is 1. The number of benzene rings is 2. The van der Waals surface area contributed by atoms with Crippen LogP contribution in [-0.4, -0.2) is 79.6 Å². The van der Waals surface area contributed by atoms with Crippen LogP contribution in [0.15, 0.2) is 76.2 Å². The van der Waals surface area contributed by atoms with Crippen LogP contribution in [0.5, 0.6) is 0 Å². The molecular weight excluding hydrogens is 620 g/mol. The number of nitrogens with zero attached hydrogens (tertiary/aromatic N) is 4. The molecule has 0 saturated carbocycles. The molecule has 5 rings (SSSR count). The van der Waals surface area contributed by atoms with E-state index in [4.69, 9.17) is 13.9 Å². The van der Waals surface area contributed by atoms with Crippen LogP contribution in [0, 0.1) is 6.92 Å². The fourth-order valence-corrected chi connectivity index (χ4v) is 7.02. The van der Waals surface area contributed by atoms with E-state index in [-0.39, 0.29) is 36.4 Å². The van der Waals surface area contributed by atoms with Gasteiger partial charge in [-0.2, -0.15) is 4.31 Å². The van der Waals surface area contributed by atoms with Crippen molar-refractivity contribution in [1.29, 1.82) is 0 Å². The molecule has 0 N–H and O–H groups in total. The third-order valence-electron chi connectivity index (χ3n) is 7.96. The number of fused-ring (bicyclic) bond motifs is 1. The second-order valence-corrected chi connectivity index (χ2v) is 14.4. The van der Waals surface area contributed by atoms with E-state index < -0.39 is 21.6 Å². The number of ether oxygens (including phenoxy) is 2. The maximum absolute atomic E-state index is 14.4. The van der Waals surface area contributed by atoms with Gasteiger partial charge in [0.15, 0.2) is 0 Å². The van der Waals surface area contributed by atoms with E-state index in [9.17, 15) is 18.0 Å². The molecule has 0 unspecified atom stereocenters. The van der Waals surface area contributed by atoms with E-state index in [1.165, 1.54) is 10.4 Å². The highest BCUT2D eigenvalue weighted by Gasteiger charge is 2.30. The first kappa shape index (κ1) is 33.9. The molecule has 12 heteroatoms. The largest absolute Gasteiger partial charge is 0.460 e. The number of amides is 1. The molecule has 1 amide bonds. The highest BCUT2D eigenvalue weighted by atomic mass is 32.2. The van der Waals surface area contributed by atoms with Crippen LogP contribution in [0.25, 0.3) is 11.0 Å². The fraction of sp³-hybridized carbons (Fsp3) is 0.400. The van der Waals surface area contributed by atoms with Crippen molar-refractivity contribution in [2.24, 2.45) is 0 Å². The lowest BCUT2D eigenvalue weighted by atomic mass is 10.1. The molecule has 47 heavy (non-hydrogen) atoms. The van der Waals surface area contributed by atoms with Crippen LogP contribution in [0.3, 0.4) is 0 Å². The summed E-state index contributed by atoms with van der Waals surface area (Å²) in [4.78, 5) is 33.5. The SMILES string of the molecule is CCOC(=O)c1oc2ccc(S(=O)(=O)N(CCc3ccccn3)Cc3ccccc3N3CCN(C(=O)OC(C)(C)C)CC3)cc2c1C. The molecule has 1 aliphatic heterocycles. The lowest BCUT2D eigenvalue weighted by molar-refractivity contribution is 0.0240. The van der Waals surface area contributed by atoms with Crippen LogP contribution in [0.4, 0.5) is 10.5 Å². The van der Waals surface area contributed by atoms with Crippen molar-refractivity contribution in [2.75, 3.05) is 44.2 Å². The Kier molecular flexibility index (Phi) is 10.2. The number of carbonyl (C=O) groups is 2. The highest BCUT2D eigenvalue weighted by Crippen LogP contribution is 2.31. The molecule has 0 aliphatic carbocycles. The van der Waals surface area contributed by atoms with Crippen molar-refractivity contribution in [3.05, 3.63) is 89.4 Å². The summed E-state index contributed by atoms with van der Waals surface area (Å²) in [5.74, 6) is -0.532. The fourth-order valence-electron chi connectivity index (χ4n) is 5.57. The Morgan fingerprint density at radius 2 is 1.72 bits per heavy atom. The summed E-state index contributed by atoms with van der Waals surface area (Å²) in [7, 11) is -4.02. The van der Waals surface area contributed by atoms with Gasteiger partial charge >= 0.3 is 12.1 Å². The molecular formula is C35H42N4O7S. The summed E-state index contributed by atoms with van der Waals surface area (Å²) < 4.78 is 46.7. The maximum atomic E-state index is 14.4. The Hall–Kier alpha value is -4.42. The van der Waals surface area contributed by atoms with Gasteiger partial charge in [-0.3, -0.25) is 4.98 Å². The molecule has 0 bridgehead atoms. The van der Waals surface area contributed by atoms with Gasteiger partial charge < -0.3 is 23.7 Å². The maximum Gasteiger partial charge on any atom is 0.410 e. The summed E-state index contributed by atoms with van der Waals surface area (Å²) in [6.07, 6.45) is 1.77. The van der Waals surface area contributed by atoms with Gasteiger partial charge in [0, 0.05) is 74.2 Å². The first-order chi connectivity index (χ1) is 22.4. The van der Waals surface area contributed by atoms with Crippen molar-refractivity contribution < 1.29 is 31.9 Å². The molecule has 1 saturated heterocycles. The summed E-state index contributed by atoms with van der Waals surface area (Å²) in [5.41, 5.74) is 2.88. The first-order valence-electron chi connectivity index (χ1n) is 15.8. The van der Waals surface area contributed by atoms with E-state index in [1.807, 2.05) is 63.2 Å². The minimum Gasteiger partial charge on any atom is -0.460 e. The van der Waals surface area contributed by atoms with Crippen molar-refractivity contribution in [2.45, 2.75) is 58.1 Å². The third-order valence-corrected chi connectivity index (χ3v) is 9.80. The van der Waals surface area contributed by atoms with Crippen LogP contribution >= 0.6 is 0 Å². The van der Waals surface area contributed by atoms with Crippen LogP contribution in [-0.2, 0) is 32.5 Å². The van der Waals surface area contributed by atoms with Crippen LogP contribution in [0.2, 0.25) is 0 Å². The average Bonchev–Trinajstić information content (AvgIpc) is 3.38. The quantitative estimate of drug-likeness (QED) is 0.194. The molecule has 1 fully saturated rings. The number of anilines is 1. The molecule has 2 aromatic heterocycles. The van der Waals surface area contributed by atoms with Gasteiger partial charge in [0.05, 0.1) is 11.5 Å².